The zero-order chi connectivity index (χ0) is 25.9. The molecule has 0 unspecified atom stereocenters. The van der Waals surface area contributed by atoms with Crippen LogP contribution in [0.3, 0.4) is 0 Å². The van der Waals surface area contributed by atoms with Gasteiger partial charge in [-0.2, -0.15) is 0 Å². The fourth-order valence-corrected chi connectivity index (χ4v) is 4.09. The first kappa shape index (κ1) is 29.8. The van der Waals surface area contributed by atoms with Gasteiger partial charge in [-0.05, 0) is 36.8 Å². The number of aliphatic carboxylic acids is 2. The van der Waals surface area contributed by atoms with Crippen LogP contribution >= 0.6 is 0 Å². The molecule has 4 rings (SSSR count). The first-order valence-corrected chi connectivity index (χ1v) is 11.8. The van der Waals surface area contributed by atoms with Gasteiger partial charge in [0.05, 0.1) is 0 Å². The van der Waals surface area contributed by atoms with Crippen LogP contribution in [0.5, 0.6) is 0 Å². The molecule has 2 heterocycles. The van der Waals surface area contributed by atoms with Gasteiger partial charge in [0, 0.05) is 32.6 Å². The molecular formula is C26H30N2O8Rh. The Kier molecular flexibility index (Phi) is 12.0. The average Bonchev–Trinajstić information content (AvgIpc) is 3.58. The number of amides is 2. The summed E-state index contributed by atoms with van der Waals surface area (Å²) in [6.07, 6.45) is 1.30. The second kappa shape index (κ2) is 14.9. The van der Waals surface area contributed by atoms with Gasteiger partial charge in [-0.3, -0.25) is 9.80 Å². The number of nitrogens with zero attached hydrogens (tertiary/aromatic N) is 2. The van der Waals surface area contributed by atoms with Gasteiger partial charge in [0.25, 0.3) is 0 Å². The van der Waals surface area contributed by atoms with Crippen LogP contribution in [0.1, 0.15) is 36.8 Å². The van der Waals surface area contributed by atoms with Crippen molar-refractivity contribution in [3.05, 3.63) is 71.8 Å². The van der Waals surface area contributed by atoms with Crippen LogP contribution < -0.4 is 0 Å². The second-order valence-corrected chi connectivity index (χ2v) is 8.46. The summed E-state index contributed by atoms with van der Waals surface area (Å²) in [6, 6.07) is 17.1. The summed E-state index contributed by atoms with van der Waals surface area (Å²) in [5.74, 6) is -1.94. The molecule has 0 aromatic heterocycles. The summed E-state index contributed by atoms with van der Waals surface area (Å²) in [4.78, 5) is 48.0. The molecule has 201 valence electrons. The van der Waals surface area contributed by atoms with E-state index in [0.717, 1.165) is 11.1 Å². The standard InChI is InChI=1S/2C13H15NO4.Rh/c2*15-12(16)11-7-4-8-14(11)13(17)18-9-10-5-2-1-3-6-10;/h2*1-3,5-6,11H,4,7-9H2,(H,15,16);/t2*11-;/m00./s1. The van der Waals surface area contributed by atoms with Crippen molar-refractivity contribution in [1.82, 2.24) is 9.80 Å². The first-order chi connectivity index (χ1) is 17.4. The van der Waals surface area contributed by atoms with E-state index in [4.69, 9.17) is 19.7 Å². The summed E-state index contributed by atoms with van der Waals surface area (Å²) >= 11 is 0. The van der Waals surface area contributed by atoms with E-state index in [1.165, 1.54) is 9.80 Å². The predicted octanol–water partition coefficient (Wildman–Crippen LogP) is 3.74. The fourth-order valence-electron chi connectivity index (χ4n) is 4.09. The molecule has 37 heavy (non-hydrogen) atoms. The molecule has 2 aliphatic heterocycles. The minimum Gasteiger partial charge on any atom is -0.480 e. The largest absolute Gasteiger partial charge is 0.480 e. The van der Waals surface area contributed by atoms with Gasteiger partial charge in [0.2, 0.25) is 0 Å². The number of benzene rings is 2. The van der Waals surface area contributed by atoms with E-state index < -0.39 is 36.2 Å². The van der Waals surface area contributed by atoms with Gasteiger partial charge < -0.3 is 19.7 Å². The van der Waals surface area contributed by atoms with Crippen LogP contribution in [0.15, 0.2) is 60.7 Å². The summed E-state index contributed by atoms with van der Waals surface area (Å²) in [5.41, 5.74) is 1.77. The van der Waals surface area contributed by atoms with E-state index in [-0.39, 0.29) is 32.7 Å². The minimum atomic E-state index is -0.968. The van der Waals surface area contributed by atoms with E-state index in [9.17, 15) is 19.2 Å². The summed E-state index contributed by atoms with van der Waals surface area (Å²) in [6.45, 7) is 1.24. The van der Waals surface area contributed by atoms with Crippen molar-refractivity contribution in [3.63, 3.8) is 0 Å². The molecule has 10 nitrogen and oxygen atoms in total. The third kappa shape index (κ3) is 8.86. The van der Waals surface area contributed by atoms with Crippen molar-refractivity contribution >= 4 is 24.1 Å². The van der Waals surface area contributed by atoms with E-state index in [2.05, 4.69) is 0 Å². The number of ether oxygens (including phenoxy) is 2. The summed E-state index contributed by atoms with van der Waals surface area (Å²) in [7, 11) is 0. The van der Waals surface area contributed by atoms with Crippen molar-refractivity contribution in [2.24, 2.45) is 0 Å². The van der Waals surface area contributed by atoms with Crippen LogP contribution in [-0.4, -0.2) is 69.3 Å². The Bertz CT molecular complexity index is 954. The maximum atomic E-state index is 11.8. The normalized spacial score (nSPS) is 18.2. The minimum absolute atomic E-state index is 0. The van der Waals surface area contributed by atoms with Gasteiger partial charge in [0.15, 0.2) is 0 Å². The second-order valence-electron chi connectivity index (χ2n) is 8.46. The molecule has 11 heteroatoms. The number of carbonyl (C=O) groups is 4. The molecule has 1 radical (unpaired) electrons. The quantitative estimate of drug-likeness (QED) is 0.479. The number of likely N-dealkylation sites (tertiary alicyclic amines) is 2. The van der Waals surface area contributed by atoms with Crippen molar-refractivity contribution in [1.29, 1.82) is 0 Å². The smallest absolute Gasteiger partial charge is 0.410 e. The Morgan fingerprint density at radius 3 is 1.35 bits per heavy atom. The molecule has 2 aromatic rings. The number of rotatable bonds is 6. The van der Waals surface area contributed by atoms with Crippen LogP contribution in [0.25, 0.3) is 0 Å². The van der Waals surface area contributed by atoms with Crippen LogP contribution in [-0.2, 0) is 51.8 Å². The van der Waals surface area contributed by atoms with Crippen molar-refractivity contribution in [2.45, 2.75) is 51.0 Å². The number of carbonyl (C=O) groups excluding carboxylic acids is 2. The summed E-state index contributed by atoms with van der Waals surface area (Å²) < 4.78 is 10.2. The molecule has 0 aliphatic carbocycles. The maximum absolute atomic E-state index is 11.8. The predicted molar refractivity (Wildman–Crippen MR) is 128 cm³/mol. The third-order valence-electron chi connectivity index (χ3n) is 5.96. The van der Waals surface area contributed by atoms with Gasteiger partial charge in [-0.25, -0.2) is 19.2 Å². The third-order valence-corrected chi connectivity index (χ3v) is 5.96. The van der Waals surface area contributed by atoms with Gasteiger partial charge >= 0.3 is 24.1 Å². The Labute approximate surface area is 227 Å². The van der Waals surface area contributed by atoms with Gasteiger partial charge in [0.1, 0.15) is 25.3 Å². The Balaban J connectivity index is 0.000000253. The van der Waals surface area contributed by atoms with E-state index in [0.29, 0.717) is 38.8 Å². The average molecular weight is 601 g/mol. The molecule has 0 bridgehead atoms. The summed E-state index contributed by atoms with van der Waals surface area (Å²) in [5, 5.41) is 17.9. The molecular weight excluding hydrogens is 571 g/mol. The zero-order valence-corrected chi connectivity index (χ0v) is 21.8. The van der Waals surface area contributed by atoms with Crippen LogP contribution in [0, 0.1) is 0 Å². The Morgan fingerprint density at radius 2 is 1.03 bits per heavy atom. The molecule has 2 atom stereocenters. The molecule has 2 aromatic carbocycles. The fraction of sp³-hybridized carbons (Fsp3) is 0.385. The zero-order valence-electron chi connectivity index (χ0n) is 20.2. The van der Waals surface area contributed by atoms with Crippen molar-refractivity contribution in [2.75, 3.05) is 13.1 Å². The van der Waals surface area contributed by atoms with E-state index in [1.807, 2.05) is 60.7 Å². The Morgan fingerprint density at radius 1 is 0.676 bits per heavy atom. The van der Waals surface area contributed by atoms with Crippen LogP contribution in [0.2, 0.25) is 0 Å². The SMILES string of the molecule is O=C(O)[C@@H]1CCCN1C(=O)OCc1ccccc1.O=C(O)[C@@H]1CCCN1C(=O)OCc1ccccc1.[Rh]. The van der Waals surface area contributed by atoms with Crippen LogP contribution in [0.4, 0.5) is 9.59 Å². The van der Waals surface area contributed by atoms with Gasteiger partial charge in [-0.15, -0.1) is 0 Å². The van der Waals surface area contributed by atoms with Gasteiger partial charge in [-0.1, -0.05) is 60.7 Å². The molecule has 2 amide bonds. The Hall–Kier alpha value is -3.46. The molecule has 2 aliphatic rings. The van der Waals surface area contributed by atoms with Crippen molar-refractivity contribution < 1.29 is 58.3 Å². The molecule has 2 saturated heterocycles. The number of carboxylic acids is 2. The van der Waals surface area contributed by atoms with Crippen molar-refractivity contribution in [3.8, 4) is 0 Å². The number of carboxylic acid groups (broad SMARTS) is 2. The van der Waals surface area contributed by atoms with E-state index >= 15 is 0 Å². The maximum Gasteiger partial charge on any atom is 0.410 e. The number of hydrogen-bond donors (Lipinski definition) is 2. The monoisotopic (exact) mass is 601 g/mol. The molecule has 2 fully saturated rings. The topological polar surface area (TPSA) is 134 Å². The number of hydrogen-bond acceptors (Lipinski definition) is 6. The molecule has 0 saturated carbocycles. The first-order valence-electron chi connectivity index (χ1n) is 11.8. The van der Waals surface area contributed by atoms with E-state index in [1.54, 1.807) is 0 Å². The molecule has 0 spiro atoms. The molecule has 2 N–H and O–H groups in total.